The topological polar surface area (TPSA) is 79.8 Å². The number of carbonyl (C=O) groups is 2. The SMILES string of the molecule is O=C(CNc1cccc2ccccc12)N/N=C/c1ccc(OC(=O)c2ccccc2Br)cc1. The van der Waals surface area contributed by atoms with Crippen LogP contribution in [0.5, 0.6) is 5.75 Å². The van der Waals surface area contributed by atoms with Gasteiger partial charge in [0.05, 0.1) is 18.3 Å². The molecule has 0 fully saturated rings. The summed E-state index contributed by atoms with van der Waals surface area (Å²) in [4.78, 5) is 24.4. The first-order valence-electron chi connectivity index (χ1n) is 10.2. The predicted octanol–water partition coefficient (Wildman–Crippen LogP) is 5.38. The molecule has 0 heterocycles. The molecule has 0 spiro atoms. The van der Waals surface area contributed by atoms with Crippen molar-refractivity contribution in [3.63, 3.8) is 0 Å². The van der Waals surface area contributed by atoms with Gasteiger partial charge in [0.1, 0.15) is 5.75 Å². The van der Waals surface area contributed by atoms with E-state index in [0.717, 1.165) is 22.0 Å². The molecule has 0 atom stereocenters. The van der Waals surface area contributed by atoms with Crippen LogP contribution in [-0.4, -0.2) is 24.6 Å². The third kappa shape index (κ3) is 5.84. The Hall–Kier alpha value is -3.97. The van der Waals surface area contributed by atoms with Crippen molar-refractivity contribution in [1.82, 2.24) is 5.43 Å². The molecular weight excluding hydrogens is 482 g/mol. The minimum Gasteiger partial charge on any atom is -0.423 e. The zero-order valence-corrected chi connectivity index (χ0v) is 19.1. The van der Waals surface area contributed by atoms with Gasteiger partial charge in [0.25, 0.3) is 5.91 Å². The maximum atomic E-state index is 12.3. The Balaban J connectivity index is 1.28. The Kier molecular flexibility index (Phi) is 7.12. The van der Waals surface area contributed by atoms with Gasteiger partial charge in [0.2, 0.25) is 0 Å². The number of hydrogen-bond donors (Lipinski definition) is 2. The van der Waals surface area contributed by atoms with Crippen molar-refractivity contribution in [1.29, 1.82) is 0 Å². The number of halogens is 1. The zero-order valence-electron chi connectivity index (χ0n) is 17.5. The smallest absolute Gasteiger partial charge is 0.344 e. The fraction of sp³-hybridized carbons (Fsp3) is 0.0385. The van der Waals surface area contributed by atoms with Crippen LogP contribution in [0.2, 0.25) is 0 Å². The van der Waals surface area contributed by atoms with Crippen molar-refractivity contribution in [2.45, 2.75) is 0 Å². The first-order chi connectivity index (χ1) is 16.1. The normalized spacial score (nSPS) is 10.8. The van der Waals surface area contributed by atoms with Crippen LogP contribution in [0.4, 0.5) is 5.69 Å². The molecule has 6 nitrogen and oxygen atoms in total. The molecule has 4 aromatic carbocycles. The first kappa shape index (κ1) is 22.2. The van der Waals surface area contributed by atoms with Gasteiger partial charge in [-0.1, -0.05) is 48.5 Å². The van der Waals surface area contributed by atoms with E-state index in [2.05, 4.69) is 31.8 Å². The summed E-state index contributed by atoms with van der Waals surface area (Å²) in [5.41, 5.74) is 4.59. The van der Waals surface area contributed by atoms with Crippen molar-refractivity contribution >= 4 is 50.5 Å². The van der Waals surface area contributed by atoms with Crippen molar-refractivity contribution in [3.8, 4) is 5.75 Å². The number of ether oxygens (including phenoxy) is 1. The lowest BCUT2D eigenvalue weighted by molar-refractivity contribution is -0.119. The van der Waals surface area contributed by atoms with E-state index >= 15 is 0 Å². The number of esters is 1. The molecule has 0 aromatic heterocycles. The molecule has 1 amide bonds. The van der Waals surface area contributed by atoms with Gasteiger partial charge in [-0.05, 0) is 69.3 Å². The second-order valence-electron chi connectivity index (χ2n) is 7.11. The number of anilines is 1. The van der Waals surface area contributed by atoms with Crippen LogP contribution in [0.1, 0.15) is 15.9 Å². The third-order valence-corrected chi connectivity index (χ3v) is 5.51. The van der Waals surface area contributed by atoms with E-state index < -0.39 is 5.97 Å². The standard InChI is InChI=1S/C26H20BrN3O3/c27-23-10-4-3-9-22(23)26(32)33-20-14-12-18(13-15-20)16-29-30-25(31)17-28-24-11-5-7-19-6-1-2-8-21(19)24/h1-16,28H,17H2,(H,30,31)/b29-16+. The second-order valence-corrected chi connectivity index (χ2v) is 7.97. The molecule has 0 unspecified atom stereocenters. The van der Waals surface area contributed by atoms with Gasteiger partial charge >= 0.3 is 5.97 Å². The summed E-state index contributed by atoms with van der Waals surface area (Å²) in [5.74, 6) is -0.302. The molecule has 4 rings (SSSR count). The Morgan fingerprint density at radius 1 is 0.879 bits per heavy atom. The van der Waals surface area contributed by atoms with E-state index in [1.165, 1.54) is 6.21 Å². The number of amides is 1. The molecule has 0 bridgehead atoms. The van der Waals surface area contributed by atoms with Crippen LogP contribution < -0.4 is 15.5 Å². The molecule has 0 saturated heterocycles. The number of fused-ring (bicyclic) bond motifs is 1. The molecule has 0 aliphatic rings. The zero-order chi connectivity index (χ0) is 23.0. The van der Waals surface area contributed by atoms with Crippen LogP contribution in [0.15, 0.2) is 101 Å². The quantitative estimate of drug-likeness (QED) is 0.154. The maximum Gasteiger partial charge on any atom is 0.344 e. The molecule has 0 saturated carbocycles. The molecule has 33 heavy (non-hydrogen) atoms. The molecule has 0 aliphatic carbocycles. The lowest BCUT2D eigenvalue weighted by atomic mass is 10.1. The molecule has 0 aliphatic heterocycles. The van der Waals surface area contributed by atoms with Gasteiger partial charge < -0.3 is 10.1 Å². The first-order valence-corrected chi connectivity index (χ1v) is 11.0. The van der Waals surface area contributed by atoms with E-state index in [1.54, 1.807) is 42.5 Å². The molecule has 164 valence electrons. The van der Waals surface area contributed by atoms with Crippen LogP contribution in [-0.2, 0) is 4.79 Å². The van der Waals surface area contributed by atoms with Crippen molar-refractivity contribution in [2.75, 3.05) is 11.9 Å². The van der Waals surface area contributed by atoms with Crippen LogP contribution in [0.25, 0.3) is 10.8 Å². The average Bonchev–Trinajstić information content (AvgIpc) is 2.84. The number of nitrogens with zero attached hydrogens (tertiary/aromatic N) is 1. The summed E-state index contributed by atoms with van der Waals surface area (Å²) in [6.45, 7) is 0.0925. The summed E-state index contributed by atoms with van der Waals surface area (Å²) in [6, 6.07) is 27.8. The predicted molar refractivity (Wildman–Crippen MR) is 134 cm³/mol. The van der Waals surface area contributed by atoms with E-state index in [-0.39, 0.29) is 12.5 Å². The van der Waals surface area contributed by atoms with Crippen LogP contribution in [0.3, 0.4) is 0 Å². The van der Waals surface area contributed by atoms with E-state index in [4.69, 9.17) is 4.74 Å². The fourth-order valence-corrected chi connectivity index (χ4v) is 3.63. The van der Waals surface area contributed by atoms with E-state index in [1.807, 2.05) is 48.5 Å². The molecule has 7 heteroatoms. The molecule has 2 N–H and O–H groups in total. The number of carbonyl (C=O) groups excluding carboxylic acids is 2. The minimum atomic E-state index is -0.449. The van der Waals surface area contributed by atoms with Crippen molar-refractivity contribution in [3.05, 3.63) is 107 Å². The van der Waals surface area contributed by atoms with Gasteiger partial charge in [-0.15, -0.1) is 0 Å². The highest BCUT2D eigenvalue weighted by atomic mass is 79.9. The average molecular weight is 502 g/mol. The Bertz CT molecular complexity index is 1310. The Morgan fingerprint density at radius 3 is 2.42 bits per heavy atom. The van der Waals surface area contributed by atoms with Gasteiger partial charge in [0, 0.05) is 15.5 Å². The molecular formula is C26H20BrN3O3. The lowest BCUT2D eigenvalue weighted by Gasteiger charge is -2.08. The van der Waals surface area contributed by atoms with Crippen molar-refractivity contribution < 1.29 is 14.3 Å². The molecule has 0 radical (unpaired) electrons. The van der Waals surface area contributed by atoms with Crippen molar-refractivity contribution in [2.24, 2.45) is 5.10 Å². The third-order valence-electron chi connectivity index (χ3n) is 4.82. The number of benzene rings is 4. The van der Waals surface area contributed by atoms with Crippen LogP contribution in [0, 0.1) is 0 Å². The second kappa shape index (κ2) is 10.6. The van der Waals surface area contributed by atoms with Gasteiger partial charge in [-0.25, -0.2) is 10.2 Å². The fourth-order valence-electron chi connectivity index (χ4n) is 3.18. The Morgan fingerprint density at radius 2 is 1.61 bits per heavy atom. The largest absolute Gasteiger partial charge is 0.423 e. The minimum absolute atomic E-state index is 0.0925. The highest BCUT2D eigenvalue weighted by Gasteiger charge is 2.11. The van der Waals surface area contributed by atoms with Gasteiger partial charge in [-0.3, -0.25) is 4.79 Å². The molecule has 4 aromatic rings. The summed E-state index contributed by atoms with van der Waals surface area (Å²) in [6.07, 6.45) is 1.52. The number of hydrazone groups is 1. The highest BCUT2D eigenvalue weighted by Crippen LogP contribution is 2.22. The van der Waals surface area contributed by atoms with Gasteiger partial charge in [-0.2, -0.15) is 5.10 Å². The highest BCUT2D eigenvalue weighted by molar-refractivity contribution is 9.10. The number of nitrogens with one attached hydrogen (secondary N) is 2. The van der Waals surface area contributed by atoms with E-state index in [9.17, 15) is 9.59 Å². The van der Waals surface area contributed by atoms with E-state index in [0.29, 0.717) is 15.8 Å². The van der Waals surface area contributed by atoms with Gasteiger partial charge in [0.15, 0.2) is 0 Å². The number of hydrogen-bond acceptors (Lipinski definition) is 5. The summed E-state index contributed by atoms with van der Waals surface area (Å²) in [7, 11) is 0. The number of rotatable bonds is 7. The Labute approximate surface area is 199 Å². The summed E-state index contributed by atoms with van der Waals surface area (Å²) in [5, 5.41) is 9.28. The summed E-state index contributed by atoms with van der Waals surface area (Å²) >= 11 is 3.34. The lowest BCUT2D eigenvalue weighted by Crippen LogP contribution is -2.25. The van der Waals surface area contributed by atoms with Crippen LogP contribution >= 0.6 is 15.9 Å². The monoisotopic (exact) mass is 501 g/mol. The maximum absolute atomic E-state index is 12.3. The summed E-state index contributed by atoms with van der Waals surface area (Å²) < 4.78 is 6.06.